The van der Waals surface area contributed by atoms with E-state index in [1.807, 2.05) is 13.1 Å². The molecule has 0 aliphatic carbocycles. The summed E-state index contributed by atoms with van der Waals surface area (Å²) in [5, 5.41) is -0.105. The average Bonchev–Trinajstić information content (AvgIpc) is 2.54. The fraction of sp³-hybridized carbons (Fsp3) is 0.368. The van der Waals surface area contributed by atoms with Gasteiger partial charge in [-0.15, -0.1) is 0 Å². The van der Waals surface area contributed by atoms with Crippen molar-refractivity contribution in [2.75, 3.05) is 0 Å². The second-order valence-electron chi connectivity index (χ2n) is 7.53. The quantitative estimate of drug-likeness (QED) is 0.534. The Labute approximate surface area is 148 Å². The molecule has 1 aromatic carbocycles. The van der Waals surface area contributed by atoms with Crippen molar-refractivity contribution in [3.05, 3.63) is 65.5 Å². The van der Waals surface area contributed by atoms with Gasteiger partial charge >= 0.3 is 0 Å². The van der Waals surface area contributed by atoms with Gasteiger partial charge in [-0.1, -0.05) is 20.8 Å². The number of nitrogens with zero attached hydrogens (tertiary/aromatic N) is 1. The monoisotopic (exact) mass is 363 g/mol. The summed E-state index contributed by atoms with van der Waals surface area (Å²) < 4.78 is 33.1. The van der Waals surface area contributed by atoms with Gasteiger partial charge in [0, 0.05) is 18.0 Å². The second-order valence-corrected chi connectivity index (χ2v) is 12.3. The molecule has 25 heavy (non-hydrogen) atoms. The van der Waals surface area contributed by atoms with Crippen molar-refractivity contribution in [2.24, 2.45) is 0 Å². The fourth-order valence-corrected chi connectivity index (χ4v) is 3.27. The van der Waals surface area contributed by atoms with E-state index in [0.717, 1.165) is 12.1 Å². The summed E-state index contributed by atoms with van der Waals surface area (Å²) in [5.41, 5.74) is 0.731. The van der Waals surface area contributed by atoms with Crippen LogP contribution in [0.15, 0.2) is 42.7 Å². The van der Waals surface area contributed by atoms with Crippen LogP contribution < -0.4 is 0 Å². The van der Waals surface area contributed by atoms with Crippen LogP contribution in [0.25, 0.3) is 0 Å². The summed E-state index contributed by atoms with van der Waals surface area (Å²) in [6.45, 7) is 10.3. The molecule has 1 atom stereocenters. The van der Waals surface area contributed by atoms with Crippen LogP contribution in [0, 0.1) is 11.6 Å². The lowest BCUT2D eigenvalue weighted by atomic mass is 10.0. The minimum Gasteiger partial charge on any atom is -0.403 e. The van der Waals surface area contributed by atoms with Crippen molar-refractivity contribution in [3.8, 4) is 0 Å². The van der Waals surface area contributed by atoms with Crippen molar-refractivity contribution in [2.45, 2.75) is 45.0 Å². The molecule has 1 heterocycles. The van der Waals surface area contributed by atoms with E-state index in [0.29, 0.717) is 5.56 Å². The lowest BCUT2D eigenvalue weighted by Gasteiger charge is -2.39. The number of hydrogen-bond donors (Lipinski definition) is 0. The van der Waals surface area contributed by atoms with Gasteiger partial charge in [-0.2, -0.15) is 0 Å². The van der Waals surface area contributed by atoms with Crippen molar-refractivity contribution in [1.82, 2.24) is 4.98 Å². The molecular weight excluding hydrogens is 340 g/mol. The summed E-state index contributed by atoms with van der Waals surface area (Å²) >= 11 is 0. The highest BCUT2D eigenvalue weighted by atomic mass is 28.4. The zero-order valence-corrected chi connectivity index (χ0v) is 16.1. The maximum absolute atomic E-state index is 13.6. The molecule has 0 spiro atoms. The van der Waals surface area contributed by atoms with E-state index >= 15 is 0 Å². The Kier molecular flexibility index (Phi) is 5.54. The summed E-state index contributed by atoms with van der Waals surface area (Å²) in [4.78, 5) is 17.0. The van der Waals surface area contributed by atoms with E-state index in [1.165, 1.54) is 6.07 Å². The third-order valence-electron chi connectivity index (χ3n) is 4.67. The molecule has 2 rings (SSSR count). The Morgan fingerprint density at radius 3 is 2.20 bits per heavy atom. The zero-order valence-electron chi connectivity index (χ0n) is 15.1. The molecule has 3 nitrogen and oxygen atoms in total. The molecule has 0 radical (unpaired) electrons. The Hall–Kier alpha value is -1.92. The van der Waals surface area contributed by atoms with E-state index in [2.05, 4.69) is 25.8 Å². The molecule has 0 bridgehead atoms. The maximum atomic E-state index is 13.6. The predicted octanol–water partition coefficient (Wildman–Crippen LogP) is 5.31. The minimum absolute atomic E-state index is 0.0828. The van der Waals surface area contributed by atoms with Crippen LogP contribution in [0.4, 0.5) is 8.78 Å². The normalized spacial score (nSPS) is 13.6. The molecule has 0 aliphatic rings. The number of rotatable bonds is 5. The van der Waals surface area contributed by atoms with Gasteiger partial charge in [0.05, 0.1) is 0 Å². The van der Waals surface area contributed by atoms with Crippen LogP contribution in [0.1, 0.15) is 42.8 Å². The highest BCUT2D eigenvalue weighted by molar-refractivity contribution is 6.74. The number of pyridine rings is 1. The first-order valence-corrected chi connectivity index (χ1v) is 11.0. The molecule has 2 aromatic rings. The highest BCUT2D eigenvalue weighted by Gasteiger charge is 2.41. The van der Waals surface area contributed by atoms with Gasteiger partial charge in [-0.3, -0.25) is 9.78 Å². The molecule has 0 saturated heterocycles. The topological polar surface area (TPSA) is 39.2 Å². The van der Waals surface area contributed by atoms with Crippen LogP contribution in [-0.4, -0.2) is 19.1 Å². The number of hydrogen-bond acceptors (Lipinski definition) is 3. The summed E-state index contributed by atoms with van der Waals surface area (Å²) in [7, 11) is -2.28. The Morgan fingerprint density at radius 2 is 1.68 bits per heavy atom. The number of ketones is 1. The van der Waals surface area contributed by atoms with Crippen LogP contribution in [0.3, 0.4) is 0 Å². The summed E-state index contributed by atoms with van der Waals surface area (Å²) in [6, 6.07) is 6.56. The third kappa shape index (κ3) is 4.38. The zero-order chi connectivity index (χ0) is 18.8. The van der Waals surface area contributed by atoms with Gasteiger partial charge in [0.2, 0.25) is 0 Å². The molecule has 1 aromatic heterocycles. The molecule has 134 valence electrons. The molecule has 1 unspecified atom stereocenters. The Bertz CT molecular complexity index is 758. The Morgan fingerprint density at radius 1 is 1.08 bits per heavy atom. The Balaban J connectivity index is 2.45. The highest BCUT2D eigenvalue weighted by Crippen LogP contribution is 2.40. The number of Topliss-reactive ketones (excluding diaryl/α,β-unsaturated/α-hetero) is 1. The number of carbonyl (C=O) groups is 1. The summed E-state index contributed by atoms with van der Waals surface area (Å²) in [5.74, 6) is -2.43. The van der Waals surface area contributed by atoms with E-state index in [9.17, 15) is 13.6 Å². The lowest BCUT2D eigenvalue weighted by molar-refractivity contribution is 0.0766. The SMILES string of the molecule is CC(C)(C)[Si](C)(C)OC(C(=O)c1ccc(F)c(F)c1)c1ccncc1. The number of aromatic nitrogens is 1. The molecule has 0 aliphatic heterocycles. The van der Waals surface area contributed by atoms with E-state index in [4.69, 9.17) is 4.43 Å². The predicted molar refractivity (Wildman–Crippen MR) is 95.9 cm³/mol. The van der Waals surface area contributed by atoms with Gasteiger partial charge in [-0.05, 0) is 54.0 Å². The third-order valence-corrected chi connectivity index (χ3v) is 9.11. The van der Waals surface area contributed by atoms with Crippen LogP contribution in [0.5, 0.6) is 0 Å². The lowest BCUT2D eigenvalue weighted by Crippen LogP contribution is -2.43. The van der Waals surface area contributed by atoms with Crippen LogP contribution >= 0.6 is 0 Å². The fourth-order valence-electron chi connectivity index (χ4n) is 2.08. The first-order valence-electron chi connectivity index (χ1n) is 8.10. The molecule has 0 saturated carbocycles. The number of benzene rings is 1. The van der Waals surface area contributed by atoms with E-state index in [1.54, 1.807) is 24.5 Å². The minimum atomic E-state index is -2.28. The molecule has 6 heteroatoms. The van der Waals surface area contributed by atoms with Crippen LogP contribution in [-0.2, 0) is 4.43 Å². The number of carbonyl (C=O) groups excluding carboxylic acids is 1. The van der Waals surface area contributed by atoms with E-state index in [-0.39, 0.29) is 10.6 Å². The van der Waals surface area contributed by atoms with Crippen molar-refractivity contribution in [1.29, 1.82) is 0 Å². The standard InChI is InChI=1S/C19H23F2NO2Si/c1-19(2,3)25(4,5)24-18(13-8-10-22-11-9-13)17(23)14-6-7-15(20)16(21)12-14/h6-12,18H,1-5H3. The van der Waals surface area contributed by atoms with E-state index < -0.39 is 31.8 Å². The smallest absolute Gasteiger partial charge is 0.195 e. The first kappa shape index (κ1) is 19.4. The largest absolute Gasteiger partial charge is 0.403 e. The van der Waals surface area contributed by atoms with Gasteiger partial charge in [0.15, 0.2) is 25.7 Å². The van der Waals surface area contributed by atoms with Gasteiger partial charge in [0.1, 0.15) is 6.10 Å². The molecule has 0 fully saturated rings. The van der Waals surface area contributed by atoms with Crippen molar-refractivity contribution in [3.63, 3.8) is 0 Å². The van der Waals surface area contributed by atoms with Gasteiger partial charge in [-0.25, -0.2) is 8.78 Å². The van der Waals surface area contributed by atoms with Crippen LogP contribution in [0.2, 0.25) is 18.1 Å². The van der Waals surface area contributed by atoms with Crippen molar-refractivity contribution < 1.29 is 18.0 Å². The molecule has 0 amide bonds. The van der Waals surface area contributed by atoms with Gasteiger partial charge < -0.3 is 4.43 Å². The molecule has 0 N–H and O–H groups in total. The summed E-state index contributed by atoms with van der Waals surface area (Å²) in [6.07, 6.45) is 2.28. The first-order chi connectivity index (χ1) is 11.5. The average molecular weight is 363 g/mol. The second kappa shape index (κ2) is 7.13. The maximum Gasteiger partial charge on any atom is 0.195 e. The number of halogens is 2. The van der Waals surface area contributed by atoms with Crippen molar-refractivity contribution >= 4 is 14.1 Å². The molecular formula is C19H23F2NO2Si. The van der Waals surface area contributed by atoms with Gasteiger partial charge in [0.25, 0.3) is 0 Å².